The molecule has 0 unspecified atom stereocenters. The zero-order valence-electron chi connectivity index (χ0n) is 12.9. The van der Waals surface area contributed by atoms with E-state index in [2.05, 4.69) is 0 Å². The Balaban J connectivity index is 3.06. The Bertz CT molecular complexity index is 530. The van der Waals surface area contributed by atoms with Crippen molar-refractivity contribution in [2.24, 2.45) is 0 Å². The lowest BCUT2D eigenvalue weighted by Gasteiger charge is -2.21. The van der Waals surface area contributed by atoms with Gasteiger partial charge in [0.15, 0.2) is 0 Å². The average Bonchev–Trinajstić information content (AvgIpc) is 2.88. The Kier molecular flexibility index (Phi) is 5.96. The van der Waals surface area contributed by atoms with E-state index in [0.29, 0.717) is 5.76 Å². The second-order valence-corrected chi connectivity index (χ2v) is 7.59. The Morgan fingerprint density at radius 2 is 1.95 bits per heavy atom. The molecule has 118 valence electrons. The van der Waals surface area contributed by atoms with E-state index in [-0.39, 0.29) is 11.7 Å². The Morgan fingerprint density at radius 1 is 1.33 bits per heavy atom. The van der Waals surface area contributed by atoms with E-state index < -0.39 is 19.2 Å². The van der Waals surface area contributed by atoms with Gasteiger partial charge in [-0.2, -0.15) is 0 Å². The van der Waals surface area contributed by atoms with Crippen molar-refractivity contribution in [2.45, 2.75) is 26.4 Å². The van der Waals surface area contributed by atoms with E-state index in [1.807, 2.05) is 0 Å². The summed E-state index contributed by atoms with van der Waals surface area (Å²) in [5, 5.41) is 0. The van der Waals surface area contributed by atoms with Crippen LogP contribution in [0.15, 0.2) is 28.4 Å². The van der Waals surface area contributed by atoms with Gasteiger partial charge in [0.05, 0.1) is 18.0 Å². The number of rotatable bonds is 6. The zero-order chi connectivity index (χ0) is 16.1. The molecule has 0 saturated carbocycles. The fourth-order valence-electron chi connectivity index (χ4n) is 1.47. The van der Waals surface area contributed by atoms with E-state index in [1.54, 1.807) is 32.9 Å². The van der Waals surface area contributed by atoms with Crippen molar-refractivity contribution < 1.29 is 27.6 Å². The third-order valence-corrected chi connectivity index (χ3v) is 4.28. The maximum absolute atomic E-state index is 12.2. The van der Waals surface area contributed by atoms with Crippen molar-refractivity contribution in [3.63, 3.8) is 0 Å². The van der Waals surface area contributed by atoms with Gasteiger partial charge in [0, 0.05) is 14.2 Å². The molecule has 0 aliphatic heterocycles. The monoisotopic (exact) mass is 316 g/mol. The van der Waals surface area contributed by atoms with Gasteiger partial charge in [-0.1, -0.05) is 0 Å². The van der Waals surface area contributed by atoms with Gasteiger partial charge in [0.25, 0.3) is 0 Å². The van der Waals surface area contributed by atoms with Gasteiger partial charge in [-0.3, -0.25) is 4.57 Å². The number of furan rings is 1. The third-order valence-electron chi connectivity index (χ3n) is 2.44. The van der Waals surface area contributed by atoms with Crippen LogP contribution < -0.4 is 0 Å². The normalized spacial score (nSPS) is 13.3. The highest BCUT2D eigenvalue weighted by atomic mass is 31.2. The highest BCUT2D eigenvalue weighted by Gasteiger charge is 2.29. The molecule has 1 aromatic heterocycles. The molecule has 0 aliphatic rings. The lowest BCUT2D eigenvalue weighted by atomic mass is 10.2. The molecule has 0 spiro atoms. The van der Waals surface area contributed by atoms with Gasteiger partial charge in [0.1, 0.15) is 11.4 Å². The minimum absolute atomic E-state index is 0.159. The summed E-state index contributed by atoms with van der Waals surface area (Å²) in [5.41, 5.74) is -0.504. The van der Waals surface area contributed by atoms with Crippen LogP contribution in [0.5, 0.6) is 0 Å². The standard InChI is InChI=1S/C14H21O6P/c1-14(2,3)20-13(15)11(9-12-7-6-8-19-12)10-21(16,17-4)18-5/h6-9H,10H2,1-5H3/b11-9+. The second-order valence-electron chi connectivity index (χ2n) is 5.32. The van der Waals surface area contributed by atoms with Crippen LogP contribution in [0.1, 0.15) is 26.5 Å². The summed E-state index contributed by atoms with van der Waals surface area (Å²) in [6.45, 7) is 5.25. The van der Waals surface area contributed by atoms with Gasteiger partial charge < -0.3 is 18.2 Å². The quantitative estimate of drug-likeness (QED) is 0.454. The molecule has 1 rings (SSSR count). The van der Waals surface area contributed by atoms with E-state index in [0.717, 1.165) is 0 Å². The summed E-state index contributed by atoms with van der Waals surface area (Å²) in [4.78, 5) is 12.2. The molecule has 1 heterocycles. The highest BCUT2D eigenvalue weighted by molar-refractivity contribution is 7.54. The van der Waals surface area contributed by atoms with E-state index in [9.17, 15) is 9.36 Å². The Hall–Kier alpha value is -1.36. The molecule has 6 nitrogen and oxygen atoms in total. The fourth-order valence-corrected chi connectivity index (χ4v) is 2.52. The second kappa shape index (κ2) is 7.07. The molecule has 21 heavy (non-hydrogen) atoms. The van der Waals surface area contributed by atoms with E-state index in [4.69, 9.17) is 18.2 Å². The van der Waals surface area contributed by atoms with Gasteiger partial charge in [0.2, 0.25) is 0 Å². The zero-order valence-corrected chi connectivity index (χ0v) is 13.8. The summed E-state index contributed by atoms with van der Waals surface area (Å²) < 4.78 is 32.5. The predicted octanol–water partition coefficient (Wildman–Crippen LogP) is 3.49. The Labute approximate surface area is 124 Å². The fraction of sp³-hybridized carbons (Fsp3) is 0.500. The molecule has 0 N–H and O–H groups in total. The number of hydrogen-bond donors (Lipinski definition) is 0. The van der Waals surface area contributed by atoms with Gasteiger partial charge >= 0.3 is 13.6 Å². The minimum Gasteiger partial charge on any atom is -0.465 e. The molecule has 0 aromatic carbocycles. The summed E-state index contributed by atoms with van der Waals surface area (Å²) in [6, 6.07) is 3.36. The van der Waals surface area contributed by atoms with Gasteiger partial charge in [-0.15, -0.1) is 0 Å². The molecule has 0 saturated heterocycles. The van der Waals surface area contributed by atoms with Crippen molar-refractivity contribution in [3.8, 4) is 0 Å². The lowest BCUT2D eigenvalue weighted by molar-refractivity contribution is -0.149. The highest BCUT2D eigenvalue weighted by Crippen LogP contribution is 2.48. The van der Waals surface area contributed by atoms with Crippen LogP contribution in [0.4, 0.5) is 0 Å². The molecule has 0 radical (unpaired) electrons. The van der Waals surface area contributed by atoms with Crippen LogP contribution in [0.2, 0.25) is 0 Å². The summed E-state index contributed by atoms with van der Waals surface area (Å²) in [7, 11) is -0.850. The first-order valence-electron chi connectivity index (χ1n) is 6.37. The van der Waals surface area contributed by atoms with Crippen LogP contribution >= 0.6 is 7.60 Å². The molecule has 1 aromatic rings. The van der Waals surface area contributed by atoms with Gasteiger partial charge in [-0.05, 0) is 39.0 Å². The van der Waals surface area contributed by atoms with Crippen LogP contribution in [0.3, 0.4) is 0 Å². The molecule has 0 bridgehead atoms. The predicted molar refractivity (Wildman–Crippen MR) is 79.0 cm³/mol. The third kappa shape index (κ3) is 5.87. The van der Waals surface area contributed by atoms with Crippen molar-refractivity contribution in [2.75, 3.05) is 20.4 Å². The average molecular weight is 316 g/mol. The van der Waals surface area contributed by atoms with Crippen molar-refractivity contribution in [1.29, 1.82) is 0 Å². The molecule has 0 atom stereocenters. The largest absolute Gasteiger partial charge is 0.465 e. The first-order chi connectivity index (χ1) is 9.69. The molecule has 7 heteroatoms. The van der Waals surface area contributed by atoms with Crippen LogP contribution in [0, 0.1) is 0 Å². The van der Waals surface area contributed by atoms with Crippen LogP contribution in [-0.2, 0) is 23.1 Å². The summed E-state index contributed by atoms with van der Waals surface area (Å²) in [5.74, 6) is -0.136. The van der Waals surface area contributed by atoms with Crippen molar-refractivity contribution >= 4 is 19.6 Å². The van der Waals surface area contributed by atoms with E-state index >= 15 is 0 Å². The minimum atomic E-state index is -3.39. The smallest absolute Gasteiger partial charge is 0.335 e. The molecular weight excluding hydrogens is 295 g/mol. The SMILES string of the molecule is COP(=O)(C/C(=C\c1ccco1)C(=O)OC(C)(C)C)OC. The molecule has 0 aliphatic carbocycles. The van der Waals surface area contributed by atoms with Crippen molar-refractivity contribution in [3.05, 3.63) is 29.7 Å². The van der Waals surface area contributed by atoms with Crippen molar-refractivity contribution in [1.82, 2.24) is 0 Å². The molecule has 0 amide bonds. The number of carbonyl (C=O) groups excluding carboxylic acids is 1. The Morgan fingerprint density at radius 3 is 2.38 bits per heavy atom. The number of hydrogen-bond acceptors (Lipinski definition) is 6. The van der Waals surface area contributed by atoms with E-state index in [1.165, 1.54) is 26.6 Å². The summed E-state index contributed by atoms with van der Waals surface area (Å²) >= 11 is 0. The maximum atomic E-state index is 12.2. The number of ether oxygens (including phenoxy) is 1. The lowest BCUT2D eigenvalue weighted by Crippen LogP contribution is -2.26. The topological polar surface area (TPSA) is 75.0 Å². The molecular formula is C14H21O6P. The first kappa shape index (κ1) is 17.7. The number of esters is 1. The van der Waals surface area contributed by atoms with Crippen LogP contribution in [-0.4, -0.2) is 32.0 Å². The first-order valence-corrected chi connectivity index (χ1v) is 8.10. The maximum Gasteiger partial charge on any atom is 0.335 e. The summed E-state index contributed by atoms with van der Waals surface area (Å²) in [6.07, 6.45) is 2.75. The number of carbonyl (C=O) groups is 1. The van der Waals surface area contributed by atoms with Crippen LogP contribution in [0.25, 0.3) is 6.08 Å². The molecule has 0 fully saturated rings. The van der Waals surface area contributed by atoms with Gasteiger partial charge in [-0.25, -0.2) is 4.79 Å².